The summed E-state index contributed by atoms with van der Waals surface area (Å²) in [5.74, 6) is 0. The lowest BCUT2D eigenvalue weighted by Gasteiger charge is -2.31. The SMILES string of the molecule is CO[C@H]1CCCN[C@H]1Cc1ccc(C)cc1.Cl. The monoisotopic (exact) mass is 255 g/mol. The number of hydrogen-bond donors (Lipinski definition) is 1. The van der Waals surface area contributed by atoms with Gasteiger partial charge in [0, 0.05) is 13.2 Å². The lowest BCUT2D eigenvalue weighted by molar-refractivity contribution is 0.0457. The Balaban J connectivity index is 0.00000144. The highest BCUT2D eigenvalue weighted by atomic mass is 35.5. The average molecular weight is 256 g/mol. The first-order valence-corrected chi connectivity index (χ1v) is 6.11. The van der Waals surface area contributed by atoms with Gasteiger partial charge in [-0.3, -0.25) is 0 Å². The van der Waals surface area contributed by atoms with Crippen LogP contribution in [0.3, 0.4) is 0 Å². The molecule has 1 aromatic rings. The van der Waals surface area contributed by atoms with Gasteiger partial charge in [-0.2, -0.15) is 0 Å². The summed E-state index contributed by atoms with van der Waals surface area (Å²) >= 11 is 0. The summed E-state index contributed by atoms with van der Waals surface area (Å²) in [4.78, 5) is 0. The summed E-state index contributed by atoms with van der Waals surface area (Å²) in [5, 5.41) is 3.56. The lowest BCUT2D eigenvalue weighted by atomic mass is 9.94. The number of rotatable bonds is 3. The van der Waals surface area contributed by atoms with Crippen LogP contribution in [0, 0.1) is 6.92 Å². The summed E-state index contributed by atoms with van der Waals surface area (Å²) in [5.41, 5.74) is 2.72. The smallest absolute Gasteiger partial charge is 0.0727 e. The summed E-state index contributed by atoms with van der Waals surface area (Å²) in [6, 6.07) is 9.28. The van der Waals surface area contributed by atoms with E-state index in [2.05, 4.69) is 36.5 Å². The van der Waals surface area contributed by atoms with Crippen molar-refractivity contribution in [3.05, 3.63) is 35.4 Å². The Morgan fingerprint density at radius 3 is 2.65 bits per heavy atom. The number of hydrogen-bond acceptors (Lipinski definition) is 2. The molecule has 1 N–H and O–H groups in total. The minimum Gasteiger partial charge on any atom is -0.380 e. The second-order valence-corrected chi connectivity index (χ2v) is 4.67. The topological polar surface area (TPSA) is 21.3 Å². The van der Waals surface area contributed by atoms with Crippen LogP contribution in [0.25, 0.3) is 0 Å². The van der Waals surface area contributed by atoms with Crippen molar-refractivity contribution in [2.24, 2.45) is 0 Å². The summed E-state index contributed by atoms with van der Waals surface area (Å²) in [6.45, 7) is 3.25. The highest BCUT2D eigenvalue weighted by molar-refractivity contribution is 5.85. The zero-order valence-corrected chi connectivity index (χ0v) is 11.4. The van der Waals surface area contributed by atoms with Crippen LogP contribution >= 0.6 is 12.4 Å². The molecule has 0 aromatic heterocycles. The lowest BCUT2D eigenvalue weighted by Crippen LogP contribution is -2.47. The first kappa shape index (κ1) is 14.5. The van der Waals surface area contributed by atoms with Crippen molar-refractivity contribution in [3.8, 4) is 0 Å². The molecular weight excluding hydrogens is 234 g/mol. The minimum absolute atomic E-state index is 0. The van der Waals surface area contributed by atoms with E-state index in [-0.39, 0.29) is 12.4 Å². The highest BCUT2D eigenvalue weighted by Crippen LogP contribution is 2.16. The van der Waals surface area contributed by atoms with Gasteiger partial charge < -0.3 is 10.1 Å². The van der Waals surface area contributed by atoms with Crippen molar-refractivity contribution >= 4 is 12.4 Å². The first-order chi connectivity index (χ1) is 7.79. The molecule has 0 aliphatic carbocycles. The maximum Gasteiger partial charge on any atom is 0.0727 e. The molecule has 0 bridgehead atoms. The molecular formula is C14H22ClNO. The van der Waals surface area contributed by atoms with E-state index in [1.165, 1.54) is 24.0 Å². The molecule has 0 amide bonds. The fourth-order valence-corrected chi connectivity index (χ4v) is 2.39. The third kappa shape index (κ3) is 3.98. The Labute approximate surface area is 110 Å². The van der Waals surface area contributed by atoms with E-state index in [0.29, 0.717) is 12.1 Å². The van der Waals surface area contributed by atoms with Crippen LogP contribution in [-0.4, -0.2) is 25.8 Å². The third-order valence-corrected chi connectivity index (χ3v) is 3.40. The molecule has 17 heavy (non-hydrogen) atoms. The second-order valence-electron chi connectivity index (χ2n) is 4.67. The Morgan fingerprint density at radius 1 is 1.29 bits per heavy atom. The maximum atomic E-state index is 5.54. The van der Waals surface area contributed by atoms with Crippen LogP contribution in [0.15, 0.2) is 24.3 Å². The molecule has 1 fully saturated rings. The van der Waals surface area contributed by atoms with Crippen molar-refractivity contribution < 1.29 is 4.74 Å². The molecule has 0 radical (unpaired) electrons. The van der Waals surface area contributed by atoms with Crippen LogP contribution in [0.1, 0.15) is 24.0 Å². The van der Waals surface area contributed by atoms with Crippen molar-refractivity contribution in [1.29, 1.82) is 0 Å². The van der Waals surface area contributed by atoms with Crippen LogP contribution in [0.4, 0.5) is 0 Å². The van der Waals surface area contributed by atoms with Gasteiger partial charge in [0.05, 0.1) is 6.10 Å². The van der Waals surface area contributed by atoms with Crippen LogP contribution < -0.4 is 5.32 Å². The zero-order chi connectivity index (χ0) is 11.4. The van der Waals surface area contributed by atoms with Gasteiger partial charge in [-0.05, 0) is 38.3 Å². The molecule has 1 saturated heterocycles. The van der Waals surface area contributed by atoms with Gasteiger partial charge in [0.1, 0.15) is 0 Å². The summed E-state index contributed by atoms with van der Waals surface area (Å²) in [7, 11) is 1.82. The van der Waals surface area contributed by atoms with Crippen molar-refractivity contribution in [3.63, 3.8) is 0 Å². The van der Waals surface area contributed by atoms with E-state index in [9.17, 15) is 0 Å². The fraction of sp³-hybridized carbons (Fsp3) is 0.571. The zero-order valence-electron chi connectivity index (χ0n) is 10.6. The van der Waals surface area contributed by atoms with Gasteiger partial charge in [-0.1, -0.05) is 29.8 Å². The fourth-order valence-electron chi connectivity index (χ4n) is 2.39. The van der Waals surface area contributed by atoms with Crippen LogP contribution in [0.2, 0.25) is 0 Å². The number of ether oxygens (including phenoxy) is 1. The molecule has 1 aliphatic rings. The Morgan fingerprint density at radius 2 is 2.00 bits per heavy atom. The average Bonchev–Trinajstić information content (AvgIpc) is 2.33. The normalized spacial score (nSPS) is 24.1. The summed E-state index contributed by atoms with van der Waals surface area (Å²) in [6.07, 6.45) is 3.84. The number of aryl methyl sites for hydroxylation is 1. The van der Waals surface area contributed by atoms with E-state index in [0.717, 1.165) is 13.0 Å². The predicted octanol–water partition coefficient (Wildman–Crippen LogP) is 2.73. The van der Waals surface area contributed by atoms with Crippen molar-refractivity contribution in [2.45, 2.75) is 38.3 Å². The van der Waals surface area contributed by atoms with Gasteiger partial charge in [0.25, 0.3) is 0 Å². The quantitative estimate of drug-likeness (QED) is 0.897. The van der Waals surface area contributed by atoms with E-state index in [1.54, 1.807) is 0 Å². The number of methoxy groups -OCH3 is 1. The van der Waals surface area contributed by atoms with Gasteiger partial charge >= 0.3 is 0 Å². The van der Waals surface area contributed by atoms with E-state index in [4.69, 9.17) is 4.74 Å². The van der Waals surface area contributed by atoms with Crippen LogP contribution in [0.5, 0.6) is 0 Å². The molecule has 3 heteroatoms. The molecule has 2 nitrogen and oxygen atoms in total. The molecule has 1 aliphatic heterocycles. The second kappa shape index (κ2) is 7.00. The standard InChI is InChI=1S/C14H21NO.ClH/c1-11-5-7-12(8-6-11)10-13-14(16-2)4-3-9-15-13;/h5-8,13-15H,3-4,9-10H2,1-2H3;1H/t13-,14-;/m0./s1. The molecule has 0 spiro atoms. The van der Waals surface area contributed by atoms with Gasteiger partial charge in [-0.25, -0.2) is 0 Å². The highest BCUT2D eigenvalue weighted by Gasteiger charge is 2.24. The summed E-state index contributed by atoms with van der Waals surface area (Å²) < 4.78 is 5.54. The molecule has 2 rings (SSSR count). The molecule has 0 unspecified atom stereocenters. The number of halogens is 1. The van der Waals surface area contributed by atoms with Gasteiger partial charge in [0.2, 0.25) is 0 Å². The predicted molar refractivity (Wildman–Crippen MR) is 74.0 cm³/mol. The largest absolute Gasteiger partial charge is 0.380 e. The van der Waals surface area contributed by atoms with Crippen molar-refractivity contribution in [2.75, 3.05) is 13.7 Å². The molecule has 0 saturated carbocycles. The molecule has 2 atom stereocenters. The molecule has 96 valence electrons. The molecule has 1 heterocycles. The third-order valence-electron chi connectivity index (χ3n) is 3.40. The van der Waals surface area contributed by atoms with Crippen LogP contribution in [-0.2, 0) is 11.2 Å². The number of nitrogens with one attached hydrogen (secondary N) is 1. The Bertz CT molecular complexity index is 325. The Kier molecular flexibility index (Phi) is 5.96. The maximum absolute atomic E-state index is 5.54. The van der Waals surface area contributed by atoms with E-state index < -0.39 is 0 Å². The number of piperidine rings is 1. The van der Waals surface area contributed by atoms with Gasteiger partial charge in [0.15, 0.2) is 0 Å². The van der Waals surface area contributed by atoms with Crippen molar-refractivity contribution in [1.82, 2.24) is 5.32 Å². The number of benzene rings is 1. The van der Waals surface area contributed by atoms with Gasteiger partial charge in [-0.15, -0.1) is 12.4 Å². The first-order valence-electron chi connectivity index (χ1n) is 6.11. The van der Waals surface area contributed by atoms with E-state index in [1.807, 2.05) is 7.11 Å². The minimum atomic E-state index is 0. The molecule has 1 aromatic carbocycles. The Hall–Kier alpha value is -0.570. The van der Waals surface area contributed by atoms with E-state index >= 15 is 0 Å².